The van der Waals surface area contributed by atoms with Crippen LogP contribution < -0.4 is 0 Å². The molecule has 2 saturated heterocycles. The van der Waals surface area contributed by atoms with Gasteiger partial charge in [-0.3, -0.25) is 9.59 Å². The highest BCUT2D eigenvalue weighted by Crippen LogP contribution is 2.23. The lowest BCUT2D eigenvalue weighted by atomic mass is 9.99. The number of piperidine rings is 1. The van der Waals surface area contributed by atoms with Crippen molar-refractivity contribution in [1.82, 2.24) is 9.80 Å². The number of likely N-dealkylation sites (tertiary alicyclic amines) is 1. The number of esters is 1. The standard InChI is InChI=1S/C16H28N2O3S/c1-16(2,3)18-7-4-13(12-14(18)19)21-15(20)5-6-17-8-10-22-11-9-17/h13H,4-12H2,1-3H3. The summed E-state index contributed by atoms with van der Waals surface area (Å²) in [5.74, 6) is 2.22. The van der Waals surface area contributed by atoms with Crippen molar-refractivity contribution in [3.63, 3.8) is 0 Å². The summed E-state index contributed by atoms with van der Waals surface area (Å²) < 4.78 is 5.50. The number of carbonyl (C=O) groups excluding carboxylic acids is 2. The summed E-state index contributed by atoms with van der Waals surface area (Å²) in [6.07, 6.45) is 1.26. The van der Waals surface area contributed by atoms with Crippen LogP contribution in [0.25, 0.3) is 0 Å². The summed E-state index contributed by atoms with van der Waals surface area (Å²) in [6.45, 7) is 9.66. The van der Waals surface area contributed by atoms with E-state index in [0.29, 0.717) is 19.4 Å². The normalized spacial score (nSPS) is 24.4. The summed E-state index contributed by atoms with van der Waals surface area (Å²) in [6, 6.07) is 0. The minimum atomic E-state index is -0.240. The van der Waals surface area contributed by atoms with Crippen LogP contribution in [0.1, 0.15) is 40.0 Å². The van der Waals surface area contributed by atoms with Gasteiger partial charge < -0.3 is 14.5 Å². The Kier molecular flexibility index (Phi) is 6.15. The molecule has 0 aromatic heterocycles. The highest BCUT2D eigenvalue weighted by atomic mass is 32.2. The second-order valence-electron chi connectivity index (χ2n) is 7.02. The van der Waals surface area contributed by atoms with Crippen LogP contribution in [-0.2, 0) is 14.3 Å². The van der Waals surface area contributed by atoms with Gasteiger partial charge in [-0.05, 0) is 20.8 Å². The van der Waals surface area contributed by atoms with Crippen LogP contribution in [0, 0.1) is 0 Å². The zero-order chi connectivity index (χ0) is 16.2. The third kappa shape index (κ3) is 5.16. The van der Waals surface area contributed by atoms with Gasteiger partial charge in [0.1, 0.15) is 6.10 Å². The largest absolute Gasteiger partial charge is 0.462 e. The number of hydrogen-bond donors (Lipinski definition) is 0. The van der Waals surface area contributed by atoms with Gasteiger partial charge in [-0.15, -0.1) is 0 Å². The molecule has 5 nitrogen and oxygen atoms in total. The molecule has 2 fully saturated rings. The van der Waals surface area contributed by atoms with Crippen molar-refractivity contribution in [2.24, 2.45) is 0 Å². The van der Waals surface area contributed by atoms with Gasteiger partial charge in [-0.25, -0.2) is 0 Å². The molecule has 2 aliphatic rings. The Labute approximate surface area is 137 Å². The number of carbonyl (C=O) groups is 2. The minimum Gasteiger partial charge on any atom is -0.462 e. The average molecular weight is 328 g/mol. The molecule has 22 heavy (non-hydrogen) atoms. The lowest BCUT2D eigenvalue weighted by molar-refractivity contribution is -0.157. The van der Waals surface area contributed by atoms with Gasteiger partial charge in [0.2, 0.25) is 5.91 Å². The Morgan fingerprint density at radius 1 is 1.27 bits per heavy atom. The van der Waals surface area contributed by atoms with E-state index in [0.717, 1.165) is 37.6 Å². The van der Waals surface area contributed by atoms with E-state index >= 15 is 0 Å². The molecule has 126 valence electrons. The summed E-state index contributed by atoms with van der Waals surface area (Å²) in [4.78, 5) is 28.3. The molecule has 0 aliphatic carbocycles. The van der Waals surface area contributed by atoms with Gasteiger partial charge in [0.25, 0.3) is 0 Å². The van der Waals surface area contributed by atoms with Crippen LogP contribution in [-0.4, -0.2) is 71.0 Å². The highest BCUT2D eigenvalue weighted by molar-refractivity contribution is 7.99. The molecule has 1 unspecified atom stereocenters. The lowest BCUT2D eigenvalue weighted by Gasteiger charge is -2.40. The summed E-state index contributed by atoms with van der Waals surface area (Å²) in [5.41, 5.74) is -0.154. The van der Waals surface area contributed by atoms with Crippen LogP contribution in [0.2, 0.25) is 0 Å². The first-order valence-electron chi connectivity index (χ1n) is 8.16. The predicted molar refractivity (Wildman–Crippen MR) is 89.0 cm³/mol. The summed E-state index contributed by atoms with van der Waals surface area (Å²) >= 11 is 1.96. The Morgan fingerprint density at radius 2 is 1.95 bits per heavy atom. The summed E-state index contributed by atoms with van der Waals surface area (Å²) in [5, 5.41) is 0. The van der Waals surface area contributed by atoms with Crippen molar-refractivity contribution in [2.45, 2.75) is 51.7 Å². The quantitative estimate of drug-likeness (QED) is 0.736. The molecule has 0 spiro atoms. The second kappa shape index (κ2) is 7.68. The molecule has 2 rings (SSSR count). The third-order valence-corrected chi connectivity index (χ3v) is 5.16. The third-order valence-electron chi connectivity index (χ3n) is 4.22. The molecule has 1 amide bonds. The molecule has 0 N–H and O–H groups in total. The Balaban J connectivity index is 1.70. The molecule has 2 heterocycles. The first-order chi connectivity index (χ1) is 10.4. The fourth-order valence-corrected chi connectivity index (χ4v) is 3.91. The molecule has 0 aromatic rings. The molecule has 2 aliphatic heterocycles. The topological polar surface area (TPSA) is 49.9 Å². The zero-order valence-electron chi connectivity index (χ0n) is 14.0. The lowest BCUT2D eigenvalue weighted by Crippen LogP contribution is -2.51. The molecule has 0 aromatic carbocycles. The second-order valence-corrected chi connectivity index (χ2v) is 8.25. The fourth-order valence-electron chi connectivity index (χ4n) is 2.93. The van der Waals surface area contributed by atoms with Crippen LogP contribution in [0.4, 0.5) is 0 Å². The first kappa shape index (κ1) is 17.6. The van der Waals surface area contributed by atoms with Gasteiger partial charge in [0.15, 0.2) is 0 Å². The number of amides is 1. The number of nitrogens with zero attached hydrogens (tertiary/aromatic N) is 2. The van der Waals surface area contributed by atoms with E-state index in [1.54, 1.807) is 0 Å². The van der Waals surface area contributed by atoms with E-state index in [1.165, 1.54) is 0 Å². The number of rotatable bonds is 4. The summed E-state index contributed by atoms with van der Waals surface area (Å²) in [7, 11) is 0. The maximum Gasteiger partial charge on any atom is 0.307 e. The van der Waals surface area contributed by atoms with Gasteiger partial charge >= 0.3 is 5.97 Å². The van der Waals surface area contributed by atoms with E-state index < -0.39 is 0 Å². The van der Waals surface area contributed by atoms with Crippen LogP contribution in [0.15, 0.2) is 0 Å². The van der Waals surface area contributed by atoms with Crippen molar-refractivity contribution in [3.8, 4) is 0 Å². The van der Waals surface area contributed by atoms with Crippen molar-refractivity contribution >= 4 is 23.6 Å². The van der Waals surface area contributed by atoms with Gasteiger partial charge in [-0.2, -0.15) is 11.8 Å². The minimum absolute atomic E-state index is 0.0876. The van der Waals surface area contributed by atoms with Crippen molar-refractivity contribution in [3.05, 3.63) is 0 Å². The number of hydrogen-bond acceptors (Lipinski definition) is 5. The molecular formula is C16H28N2O3S. The molecule has 0 bridgehead atoms. The van der Waals surface area contributed by atoms with Crippen LogP contribution in [0.5, 0.6) is 0 Å². The first-order valence-corrected chi connectivity index (χ1v) is 9.32. The maximum atomic E-state index is 12.2. The van der Waals surface area contributed by atoms with E-state index in [1.807, 2.05) is 37.4 Å². The highest BCUT2D eigenvalue weighted by Gasteiger charge is 2.34. The molecule has 6 heteroatoms. The average Bonchev–Trinajstić information content (AvgIpc) is 2.45. The predicted octanol–water partition coefficient (Wildman–Crippen LogP) is 1.76. The van der Waals surface area contributed by atoms with Gasteiger partial charge in [0, 0.05) is 49.6 Å². The van der Waals surface area contributed by atoms with E-state index in [-0.39, 0.29) is 23.5 Å². The van der Waals surface area contributed by atoms with E-state index in [2.05, 4.69) is 4.90 Å². The van der Waals surface area contributed by atoms with E-state index in [4.69, 9.17) is 4.74 Å². The van der Waals surface area contributed by atoms with Crippen molar-refractivity contribution in [1.29, 1.82) is 0 Å². The zero-order valence-corrected chi connectivity index (χ0v) is 14.8. The Hall–Kier alpha value is -0.750. The maximum absolute atomic E-state index is 12.2. The van der Waals surface area contributed by atoms with Crippen LogP contribution >= 0.6 is 11.8 Å². The molecule has 0 saturated carbocycles. The fraction of sp³-hybridized carbons (Fsp3) is 0.875. The number of thioether (sulfide) groups is 1. The van der Waals surface area contributed by atoms with Crippen LogP contribution in [0.3, 0.4) is 0 Å². The molecular weight excluding hydrogens is 300 g/mol. The SMILES string of the molecule is CC(C)(C)N1CCC(OC(=O)CCN2CCSCC2)CC1=O. The number of ether oxygens (including phenoxy) is 1. The molecule has 0 radical (unpaired) electrons. The van der Waals surface area contributed by atoms with Gasteiger partial charge in [-0.1, -0.05) is 0 Å². The van der Waals surface area contributed by atoms with Crippen molar-refractivity contribution in [2.75, 3.05) is 37.7 Å². The van der Waals surface area contributed by atoms with E-state index in [9.17, 15) is 9.59 Å². The smallest absolute Gasteiger partial charge is 0.307 e. The Bertz CT molecular complexity index is 403. The monoisotopic (exact) mass is 328 g/mol. The molecule has 1 atom stereocenters. The Morgan fingerprint density at radius 3 is 2.55 bits per heavy atom. The van der Waals surface area contributed by atoms with Gasteiger partial charge in [0.05, 0.1) is 12.8 Å². The van der Waals surface area contributed by atoms with Crippen molar-refractivity contribution < 1.29 is 14.3 Å².